The summed E-state index contributed by atoms with van der Waals surface area (Å²) in [6.07, 6.45) is 2.41. The van der Waals surface area contributed by atoms with Crippen LogP contribution in [0.25, 0.3) is 0 Å². The summed E-state index contributed by atoms with van der Waals surface area (Å²) in [6, 6.07) is 7.13. The number of ketones is 1. The molecule has 0 bridgehead atoms. The molecule has 98 valence electrons. The van der Waals surface area contributed by atoms with Gasteiger partial charge in [-0.2, -0.15) is 0 Å². The van der Waals surface area contributed by atoms with Crippen LogP contribution in [-0.4, -0.2) is 11.7 Å². The highest BCUT2D eigenvalue weighted by molar-refractivity contribution is 5.99. The maximum absolute atomic E-state index is 11.8. The van der Waals surface area contributed by atoms with Gasteiger partial charge in [-0.1, -0.05) is 39.3 Å². The summed E-state index contributed by atoms with van der Waals surface area (Å²) in [5.74, 6) is 0.0710. The molecular formula is C15H21NO2. The zero-order valence-corrected chi connectivity index (χ0v) is 11.3. The lowest BCUT2D eigenvalue weighted by molar-refractivity contribution is -0.116. The summed E-state index contributed by atoms with van der Waals surface area (Å²) in [5.41, 5.74) is 1.35. The van der Waals surface area contributed by atoms with E-state index in [1.54, 1.807) is 24.3 Å². The van der Waals surface area contributed by atoms with Crippen LogP contribution in [0.15, 0.2) is 24.3 Å². The molecule has 3 heteroatoms. The first-order valence-corrected chi connectivity index (χ1v) is 6.48. The van der Waals surface area contributed by atoms with Crippen molar-refractivity contribution < 1.29 is 9.59 Å². The lowest BCUT2D eigenvalue weighted by Crippen LogP contribution is -2.12. The smallest absolute Gasteiger partial charge is 0.224 e. The van der Waals surface area contributed by atoms with Crippen LogP contribution in [0.3, 0.4) is 0 Å². The van der Waals surface area contributed by atoms with Crippen molar-refractivity contribution in [3.8, 4) is 0 Å². The standard InChI is InChI=1S/C15H21NO2/c1-4-5-9-14(17)16-13-8-6-7-12(10-13)15(18)11(2)3/h6-8,10-11H,4-5,9H2,1-3H3,(H,16,17). The van der Waals surface area contributed by atoms with Crippen molar-refractivity contribution >= 4 is 17.4 Å². The van der Waals surface area contributed by atoms with Crippen LogP contribution in [0.2, 0.25) is 0 Å². The fraction of sp³-hybridized carbons (Fsp3) is 0.467. The summed E-state index contributed by atoms with van der Waals surface area (Å²) in [5, 5.41) is 2.82. The van der Waals surface area contributed by atoms with Crippen molar-refractivity contribution in [2.75, 3.05) is 5.32 Å². The second-order valence-electron chi connectivity index (χ2n) is 4.75. The van der Waals surface area contributed by atoms with Crippen LogP contribution in [0, 0.1) is 5.92 Å². The lowest BCUT2D eigenvalue weighted by atomic mass is 10.0. The average Bonchev–Trinajstić information content (AvgIpc) is 2.35. The molecule has 0 aliphatic heterocycles. The zero-order valence-electron chi connectivity index (χ0n) is 11.3. The molecule has 1 N–H and O–H groups in total. The molecule has 0 aliphatic carbocycles. The molecule has 0 fully saturated rings. The van der Waals surface area contributed by atoms with E-state index < -0.39 is 0 Å². The van der Waals surface area contributed by atoms with Crippen molar-refractivity contribution in [2.45, 2.75) is 40.0 Å². The highest BCUT2D eigenvalue weighted by atomic mass is 16.1. The third kappa shape index (κ3) is 4.32. The lowest BCUT2D eigenvalue weighted by Gasteiger charge is -2.08. The van der Waals surface area contributed by atoms with Crippen molar-refractivity contribution in [2.24, 2.45) is 5.92 Å². The van der Waals surface area contributed by atoms with Crippen LogP contribution in [-0.2, 0) is 4.79 Å². The Morgan fingerprint density at radius 1 is 1.28 bits per heavy atom. The summed E-state index contributed by atoms with van der Waals surface area (Å²) < 4.78 is 0. The van der Waals surface area contributed by atoms with Gasteiger partial charge in [-0.05, 0) is 18.6 Å². The molecule has 0 heterocycles. The number of hydrogen-bond acceptors (Lipinski definition) is 2. The molecule has 1 rings (SSSR count). The first-order chi connectivity index (χ1) is 8.54. The number of rotatable bonds is 6. The Labute approximate surface area is 109 Å². The number of carbonyl (C=O) groups is 2. The van der Waals surface area contributed by atoms with E-state index in [-0.39, 0.29) is 17.6 Å². The second kappa shape index (κ2) is 6.94. The van der Waals surface area contributed by atoms with Gasteiger partial charge in [0.25, 0.3) is 0 Å². The molecule has 0 saturated heterocycles. The van der Waals surface area contributed by atoms with E-state index >= 15 is 0 Å². The van der Waals surface area contributed by atoms with Gasteiger partial charge in [0.1, 0.15) is 0 Å². The van der Waals surface area contributed by atoms with Gasteiger partial charge in [0.15, 0.2) is 5.78 Å². The number of unbranched alkanes of at least 4 members (excludes halogenated alkanes) is 1. The van der Waals surface area contributed by atoms with E-state index in [4.69, 9.17) is 0 Å². The maximum atomic E-state index is 11.8. The van der Waals surface area contributed by atoms with Gasteiger partial charge in [0.2, 0.25) is 5.91 Å². The van der Waals surface area contributed by atoms with Gasteiger partial charge in [-0.15, -0.1) is 0 Å². The molecule has 18 heavy (non-hydrogen) atoms. The Morgan fingerprint density at radius 3 is 2.61 bits per heavy atom. The number of hydrogen-bond donors (Lipinski definition) is 1. The van der Waals surface area contributed by atoms with E-state index in [9.17, 15) is 9.59 Å². The van der Waals surface area contributed by atoms with Gasteiger partial charge in [0.05, 0.1) is 0 Å². The van der Waals surface area contributed by atoms with Gasteiger partial charge in [0, 0.05) is 23.6 Å². The number of anilines is 1. The molecule has 0 saturated carbocycles. The van der Waals surface area contributed by atoms with Crippen molar-refractivity contribution in [1.82, 2.24) is 0 Å². The fourth-order valence-corrected chi connectivity index (χ4v) is 1.64. The van der Waals surface area contributed by atoms with Crippen LogP contribution >= 0.6 is 0 Å². The van der Waals surface area contributed by atoms with Crippen molar-refractivity contribution in [1.29, 1.82) is 0 Å². The summed E-state index contributed by atoms with van der Waals surface area (Å²) in [4.78, 5) is 23.4. The first kappa shape index (κ1) is 14.4. The van der Waals surface area contributed by atoms with Gasteiger partial charge in [-0.3, -0.25) is 9.59 Å². The number of Topliss-reactive ketones (excluding diaryl/α,β-unsaturated/α-hetero) is 1. The molecule has 0 aromatic heterocycles. The summed E-state index contributed by atoms with van der Waals surface area (Å²) in [6.45, 7) is 5.79. The van der Waals surface area contributed by atoms with Gasteiger partial charge < -0.3 is 5.32 Å². The fourth-order valence-electron chi connectivity index (χ4n) is 1.64. The molecular weight excluding hydrogens is 226 g/mol. The predicted molar refractivity (Wildman–Crippen MR) is 73.8 cm³/mol. The quantitative estimate of drug-likeness (QED) is 0.780. The van der Waals surface area contributed by atoms with Crippen LogP contribution in [0.5, 0.6) is 0 Å². The van der Waals surface area contributed by atoms with E-state index in [0.717, 1.165) is 12.8 Å². The third-order valence-corrected chi connectivity index (χ3v) is 2.71. The topological polar surface area (TPSA) is 46.2 Å². The molecule has 0 radical (unpaired) electrons. The van der Waals surface area contributed by atoms with Crippen LogP contribution < -0.4 is 5.32 Å². The minimum atomic E-state index is -0.0314. The molecule has 1 amide bonds. The normalized spacial score (nSPS) is 10.4. The number of benzene rings is 1. The zero-order chi connectivity index (χ0) is 13.5. The Morgan fingerprint density at radius 2 is 2.00 bits per heavy atom. The minimum Gasteiger partial charge on any atom is -0.326 e. The molecule has 3 nitrogen and oxygen atoms in total. The summed E-state index contributed by atoms with van der Waals surface area (Å²) >= 11 is 0. The molecule has 1 aromatic carbocycles. The molecule has 0 unspecified atom stereocenters. The Bertz CT molecular complexity index is 424. The monoisotopic (exact) mass is 247 g/mol. The highest BCUT2D eigenvalue weighted by Gasteiger charge is 2.11. The third-order valence-electron chi connectivity index (χ3n) is 2.71. The Kier molecular flexibility index (Phi) is 5.56. The van der Waals surface area contributed by atoms with Crippen molar-refractivity contribution in [3.63, 3.8) is 0 Å². The van der Waals surface area contributed by atoms with E-state index in [2.05, 4.69) is 12.2 Å². The average molecular weight is 247 g/mol. The highest BCUT2D eigenvalue weighted by Crippen LogP contribution is 2.15. The Hall–Kier alpha value is -1.64. The maximum Gasteiger partial charge on any atom is 0.224 e. The molecule has 0 spiro atoms. The van der Waals surface area contributed by atoms with E-state index in [1.165, 1.54) is 0 Å². The van der Waals surface area contributed by atoms with Crippen LogP contribution in [0.1, 0.15) is 50.4 Å². The second-order valence-corrected chi connectivity index (χ2v) is 4.75. The molecule has 0 atom stereocenters. The van der Waals surface area contributed by atoms with E-state index in [0.29, 0.717) is 17.7 Å². The number of amides is 1. The van der Waals surface area contributed by atoms with Gasteiger partial charge in [-0.25, -0.2) is 0 Å². The minimum absolute atomic E-state index is 0.00555. The molecule has 0 aliphatic rings. The largest absolute Gasteiger partial charge is 0.326 e. The van der Waals surface area contributed by atoms with Crippen LogP contribution in [0.4, 0.5) is 5.69 Å². The predicted octanol–water partition coefficient (Wildman–Crippen LogP) is 3.65. The molecule has 1 aromatic rings. The SMILES string of the molecule is CCCCC(=O)Nc1cccc(C(=O)C(C)C)c1. The van der Waals surface area contributed by atoms with Crippen molar-refractivity contribution in [3.05, 3.63) is 29.8 Å². The number of carbonyl (C=O) groups excluding carboxylic acids is 2. The first-order valence-electron chi connectivity index (χ1n) is 6.48. The van der Waals surface area contributed by atoms with E-state index in [1.807, 2.05) is 13.8 Å². The number of nitrogens with one attached hydrogen (secondary N) is 1. The Balaban J connectivity index is 2.70. The van der Waals surface area contributed by atoms with Gasteiger partial charge >= 0.3 is 0 Å². The summed E-state index contributed by atoms with van der Waals surface area (Å²) in [7, 11) is 0.